The van der Waals surface area contributed by atoms with Gasteiger partial charge in [-0.25, -0.2) is 0 Å². The SMILES string of the molecule is COc1cc(CNC[C@H]2CCO[C@@H](C)C2)cc(Cl)c1OC. The molecular formula is C16H24ClNO3. The Balaban J connectivity index is 1.89. The van der Waals surface area contributed by atoms with Crippen LogP contribution in [0.25, 0.3) is 0 Å². The van der Waals surface area contributed by atoms with E-state index < -0.39 is 0 Å². The van der Waals surface area contributed by atoms with Gasteiger partial charge in [-0.2, -0.15) is 0 Å². The maximum Gasteiger partial charge on any atom is 0.179 e. The number of nitrogens with one attached hydrogen (secondary N) is 1. The van der Waals surface area contributed by atoms with Gasteiger partial charge in [0.15, 0.2) is 11.5 Å². The van der Waals surface area contributed by atoms with Crippen molar-refractivity contribution < 1.29 is 14.2 Å². The number of rotatable bonds is 6. The van der Waals surface area contributed by atoms with E-state index in [1.165, 1.54) is 0 Å². The minimum atomic E-state index is 0.376. The third kappa shape index (κ3) is 4.50. The standard InChI is InChI=1S/C16H24ClNO3/c1-11-6-12(4-5-21-11)9-18-10-13-7-14(17)16(20-3)15(8-13)19-2/h7-8,11-12,18H,4-6,9-10H2,1-3H3/t11-,12-/m0/s1. The molecule has 0 saturated carbocycles. The molecule has 1 heterocycles. The molecule has 0 unspecified atom stereocenters. The van der Waals surface area contributed by atoms with E-state index in [4.69, 9.17) is 25.8 Å². The number of benzene rings is 1. The second-order valence-electron chi connectivity index (χ2n) is 5.52. The Morgan fingerprint density at radius 2 is 2.14 bits per heavy atom. The summed E-state index contributed by atoms with van der Waals surface area (Å²) in [5.41, 5.74) is 1.10. The number of ether oxygens (including phenoxy) is 3. The summed E-state index contributed by atoms with van der Waals surface area (Å²) in [7, 11) is 3.21. The van der Waals surface area contributed by atoms with Crippen molar-refractivity contribution in [1.82, 2.24) is 5.32 Å². The van der Waals surface area contributed by atoms with E-state index in [9.17, 15) is 0 Å². The molecule has 0 radical (unpaired) electrons. The summed E-state index contributed by atoms with van der Waals surface area (Å²) in [6.45, 7) is 4.78. The zero-order valence-corrected chi connectivity index (χ0v) is 13.7. The van der Waals surface area contributed by atoms with Gasteiger partial charge in [-0.15, -0.1) is 0 Å². The first kappa shape index (κ1) is 16.4. The second-order valence-corrected chi connectivity index (χ2v) is 5.92. The van der Waals surface area contributed by atoms with Gasteiger partial charge in [0.1, 0.15) is 0 Å². The van der Waals surface area contributed by atoms with Crippen LogP contribution in [-0.2, 0) is 11.3 Å². The van der Waals surface area contributed by atoms with E-state index in [1.807, 2.05) is 12.1 Å². The van der Waals surface area contributed by atoms with E-state index >= 15 is 0 Å². The van der Waals surface area contributed by atoms with Crippen molar-refractivity contribution in [2.45, 2.75) is 32.4 Å². The molecule has 1 aromatic carbocycles. The molecular weight excluding hydrogens is 290 g/mol. The topological polar surface area (TPSA) is 39.7 Å². The van der Waals surface area contributed by atoms with Crippen LogP contribution in [0.3, 0.4) is 0 Å². The Kier molecular flexibility index (Phi) is 6.15. The lowest BCUT2D eigenvalue weighted by Crippen LogP contribution is -2.30. The molecule has 0 spiro atoms. The predicted octanol–water partition coefficient (Wildman–Crippen LogP) is 3.26. The fourth-order valence-electron chi connectivity index (χ4n) is 2.77. The zero-order chi connectivity index (χ0) is 15.2. The Morgan fingerprint density at radius 3 is 2.81 bits per heavy atom. The molecule has 2 atom stereocenters. The summed E-state index contributed by atoms with van der Waals surface area (Å²) in [5.74, 6) is 1.94. The zero-order valence-electron chi connectivity index (χ0n) is 12.9. The number of halogens is 1. The highest BCUT2D eigenvalue weighted by molar-refractivity contribution is 6.32. The second kappa shape index (κ2) is 7.87. The maximum absolute atomic E-state index is 6.21. The van der Waals surface area contributed by atoms with Crippen LogP contribution in [0.1, 0.15) is 25.3 Å². The summed E-state index contributed by atoms with van der Waals surface area (Å²) >= 11 is 6.21. The normalized spacial score (nSPS) is 22.1. The molecule has 1 saturated heterocycles. The molecule has 2 rings (SSSR count). The van der Waals surface area contributed by atoms with Gasteiger partial charge in [-0.3, -0.25) is 0 Å². The lowest BCUT2D eigenvalue weighted by molar-refractivity contribution is 0.00289. The molecule has 1 aliphatic rings. The molecule has 1 N–H and O–H groups in total. The smallest absolute Gasteiger partial charge is 0.179 e. The Hall–Kier alpha value is -0.970. The van der Waals surface area contributed by atoms with E-state index in [2.05, 4.69) is 12.2 Å². The molecule has 0 bridgehead atoms. The fourth-order valence-corrected chi connectivity index (χ4v) is 3.08. The third-order valence-corrected chi connectivity index (χ3v) is 4.13. The third-order valence-electron chi connectivity index (χ3n) is 3.85. The largest absolute Gasteiger partial charge is 0.493 e. The molecule has 0 aromatic heterocycles. The van der Waals surface area contributed by atoms with Gasteiger partial charge in [0.05, 0.1) is 25.3 Å². The average molecular weight is 314 g/mol. The van der Waals surface area contributed by atoms with Gasteiger partial charge in [0, 0.05) is 13.2 Å². The minimum Gasteiger partial charge on any atom is -0.493 e. The molecule has 1 fully saturated rings. The molecule has 21 heavy (non-hydrogen) atoms. The molecule has 0 aliphatic carbocycles. The predicted molar refractivity (Wildman–Crippen MR) is 84.4 cm³/mol. The van der Waals surface area contributed by atoms with Crippen LogP contribution in [0.2, 0.25) is 5.02 Å². The number of methoxy groups -OCH3 is 2. The number of hydrogen-bond acceptors (Lipinski definition) is 4. The first-order valence-corrected chi connectivity index (χ1v) is 7.74. The Morgan fingerprint density at radius 1 is 1.33 bits per heavy atom. The van der Waals surface area contributed by atoms with Gasteiger partial charge in [-0.1, -0.05) is 11.6 Å². The average Bonchev–Trinajstić information content (AvgIpc) is 2.46. The molecule has 5 heteroatoms. The summed E-state index contributed by atoms with van der Waals surface area (Å²) < 4.78 is 16.1. The van der Waals surface area contributed by atoms with E-state index in [-0.39, 0.29) is 0 Å². The lowest BCUT2D eigenvalue weighted by atomic mass is 9.96. The minimum absolute atomic E-state index is 0.376. The van der Waals surface area contributed by atoms with Gasteiger partial charge in [0.2, 0.25) is 0 Å². The molecule has 1 aromatic rings. The van der Waals surface area contributed by atoms with Crippen LogP contribution in [0, 0.1) is 5.92 Å². The van der Waals surface area contributed by atoms with Gasteiger partial charge >= 0.3 is 0 Å². The summed E-state index contributed by atoms with van der Waals surface area (Å²) in [5, 5.41) is 4.07. The Labute approximate surface area is 131 Å². The summed E-state index contributed by atoms with van der Waals surface area (Å²) in [6, 6.07) is 3.88. The highest BCUT2D eigenvalue weighted by atomic mass is 35.5. The van der Waals surface area contributed by atoms with E-state index in [0.29, 0.717) is 28.5 Å². The van der Waals surface area contributed by atoms with Gasteiger partial charge < -0.3 is 19.5 Å². The van der Waals surface area contributed by atoms with Crippen molar-refractivity contribution in [1.29, 1.82) is 0 Å². The first-order chi connectivity index (χ1) is 10.1. The highest BCUT2D eigenvalue weighted by Crippen LogP contribution is 2.36. The summed E-state index contributed by atoms with van der Waals surface area (Å²) in [6.07, 6.45) is 2.63. The fraction of sp³-hybridized carbons (Fsp3) is 0.625. The van der Waals surface area contributed by atoms with Crippen molar-refractivity contribution in [3.05, 3.63) is 22.7 Å². The quantitative estimate of drug-likeness (QED) is 0.875. The van der Waals surface area contributed by atoms with Crippen molar-refractivity contribution in [2.24, 2.45) is 5.92 Å². The maximum atomic E-state index is 6.21. The van der Waals surface area contributed by atoms with E-state index in [0.717, 1.165) is 38.1 Å². The van der Waals surface area contributed by atoms with Crippen LogP contribution < -0.4 is 14.8 Å². The monoisotopic (exact) mass is 313 g/mol. The molecule has 118 valence electrons. The van der Waals surface area contributed by atoms with Crippen molar-refractivity contribution >= 4 is 11.6 Å². The van der Waals surface area contributed by atoms with E-state index in [1.54, 1.807) is 14.2 Å². The lowest BCUT2D eigenvalue weighted by Gasteiger charge is -2.27. The Bertz CT molecular complexity index is 467. The van der Waals surface area contributed by atoms with Gasteiger partial charge in [-0.05, 0) is 49.9 Å². The first-order valence-electron chi connectivity index (χ1n) is 7.36. The molecule has 1 aliphatic heterocycles. The van der Waals surface area contributed by atoms with Crippen molar-refractivity contribution in [3.8, 4) is 11.5 Å². The van der Waals surface area contributed by atoms with Crippen LogP contribution in [0.4, 0.5) is 0 Å². The number of hydrogen-bond donors (Lipinski definition) is 1. The molecule has 4 nitrogen and oxygen atoms in total. The van der Waals surface area contributed by atoms with Crippen molar-refractivity contribution in [2.75, 3.05) is 27.4 Å². The highest BCUT2D eigenvalue weighted by Gasteiger charge is 2.19. The van der Waals surface area contributed by atoms with Crippen LogP contribution in [0.15, 0.2) is 12.1 Å². The van der Waals surface area contributed by atoms with Crippen LogP contribution in [0.5, 0.6) is 11.5 Å². The summed E-state index contributed by atoms with van der Waals surface area (Å²) in [4.78, 5) is 0. The van der Waals surface area contributed by atoms with Crippen LogP contribution >= 0.6 is 11.6 Å². The van der Waals surface area contributed by atoms with Crippen molar-refractivity contribution in [3.63, 3.8) is 0 Å². The van der Waals surface area contributed by atoms with Crippen LogP contribution in [-0.4, -0.2) is 33.5 Å². The van der Waals surface area contributed by atoms with Gasteiger partial charge in [0.25, 0.3) is 0 Å². The molecule has 0 amide bonds.